The van der Waals surface area contributed by atoms with E-state index in [1.165, 1.54) is 6.92 Å². The Hall–Kier alpha value is -1.58. The maximum atomic E-state index is 11.3. The van der Waals surface area contributed by atoms with Gasteiger partial charge in [0.1, 0.15) is 6.10 Å². The van der Waals surface area contributed by atoms with Crippen molar-refractivity contribution in [3.8, 4) is 0 Å². The molecule has 4 nitrogen and oxygen atoms in total. The van der Waals surface area contributed by atoms with Crippen LogP contribution in [0.1, 0.15) is 27.2 Å². The lowest BCUT2D eigenvalue weighted by molar-refractivity contribution is -0.148. The molecule has 0 aromatic heterocycles. The van der Waals surface area contributed by atoms with Gasteiger partial charge in [0.2, 0.25) is 5.76 Å². The third-order valence-electron chi connectivity index (χ3n) is 2.19. The number of ether oxygens (including phenoxy) is 2. The summed E-state index contributed by atoms with van der Waals surface area (Å²) in [6.07, 6.45) is 0.400. The Labute approximate surface area is 88.6 Å². The molecule has 4 heteroatoms. The van der Waals surface area contributed by atoms with Crippen molar-refractivity contribution in [3.05, 3.63) is 23.5 Å². The van der Waals surface area contributed by atoms with Crippen molar-refractivity contribution in [1.82, 2.24) is 0 Å². The molecule has 0 amide bonds. The molecule has 1 unspecified atom stereocenters. The number of hydrogen-bond acceptors (Lipinski definition) is 4. The molecule has 0 N–H and O–H groups in total. The van der Waals surface area contributed by atoms with Crippen LogP contribution in [0, 0.1) is 0 Å². The fourth-order valence-corrected chi connectivity index (χ4v) is 1.27. The first kappa shape index (κ1) is 11.5. The van der Waals surface area contributed by atoms with Crippen LogP contribution in [0.25, 0.3) is 0 Å². The number of cyclic esters (lactones) is 1. The van der Waals surface area contributed by atoms with Crippen LogP contribution in [0.4, 0.5) is 0 Å². The van der Waals surface area contributed by atoms with Gasteiger partial charge in [-0.1, -0.05) is 13.5 Å². The van der Waals surface area contributed by atoms with E-state index in [1.807, 2.05) is 6.92 Å². The molecule has 1 rings (SSSR count). The SMILES string of the molecule is C=C(C)C(=O)OC1=C(C)C(CC)OC1=O. The van der Waals surface area contributed by atoms with Crippen molar-refractivity contribution >= 4 is 11.9 Å². The second-order valence-corrected chi connectivity index (χ2v) is 3.48. The van der Waals surface area contributed by atoms with Crippen molar-refractivity contribution in [2.45, 2.75) is 33.3 Å². The molecule has 1 heterocycles. The minimum Gasteiger partial charge on any atom is -0.452 e. The van der Waals surface area contributed by atoms with Crippen LogP contribution in [-0.2, 0) is 19.1 Å². The number of rotatable bonds is 3. The Bertz CT molecular complexity index is 352. The van der Waals surface area contributed by atoms with Crippen molar-refractivity contribution < 1.29 is 19.1 Å². The normalized spacial score (nSPS) is 20.2. The van der Waals surface area contributed by atoms with E-state index in [0.29, 0.717) is 12.0 Å². The molecule has 1 aliphatic rings. The number of carbonyl (C=O) groups is 2. The zero-order chi connectivity index (χ0) is 11.6. The minimum absolute atomic E-state index is 0.00912. The van der Waals surface area contributed by atoms with E-state index >= 15 is 0 Å². The molecule has 0 aromatic rings. The van der Waals surface area contributed by atoms with Crippen molar-refractivity contribution in [2.75, 3.05) is 0 Å². The molecule has 1 atom stereocenters. The van der Waals surface area contributed by atoms with Crippen molar-refractivity contribution in [1.29, 1.82) is 0 Å². The molecule has 0 saturated carbocycles. The van der Waals surface area contributed by atoms with Gasteiger partial charge in [-0.25, -0.2) is 9.59 Å². The number of esters is 2. The van der Waals surface area contributed by atoms with Crippen LogP contribution in [0.3, 0.4) is 0 Å². The zero-order valence-electron chi connectivity index (χ0n) is 9.12. The summed E-state index contributed by atoms with van der Waals surface area (Å²) in [5, 5.41) is 0. The molecule has 1 aliphatic heterocycles. The lowest BCUT2D eigenvalue weighted by Gasteiger charge is -2.05. The Balaban J connectivity index is 2.84. The van der Waals surface area contributed by atoms with E-state index in [9.17, 15) is 9.59 Å². The van der Waals surface area contributed by atoms with Gasteiger partial charge in [0.15, 0.2) is 0 Å². The fourth-order valence-electron chi connectivity index (χ4n) is 1.27. The first-order valence-corrected chi connectivity index (χ1v) is 4.76. The van der Waals surface area contributed by atoms with E-state index < -0.39 is 11.9 Å². The first-order valence-electron chi connectivity index (χ1n) is 4.76. The Morgan fingerprint density at radius 3 is 2.60 bits per heavy atom. The summed E-state index contributed by atoms with van der Waals surface area (Å²) >= 11 is 0. The first-order chi connectivity index (χ1) is 6.97. The molecule has 0 spiro atoms. The summed E-state index contributed by atoms with van der Waals surface area (Å²) in [5.74, 6) is -1.16. The summed E-state index contributed by atoms with van der Waals surface area (Å²) in [6.45, 7) is 8.58. The third-order valence-corrected chi connectivity index (χ3v) is 2.19. The lowest BCUT2D eigenvalue weighted by Crippen LogP contribution is -2.11. The standard InChI is InChI=1S/C11H14O4/c1-5-8-7(4)9(11(13)14-8)15-10(12)6(2)3/h8H,2,5H2,1,3-4H3. The smallest absolute Gasteiger partial charge is 0.375 e. The molecule has 0 bridgehead atoms. The highest BCUT2D eigenvalue weighted by Gasteiger charge is 2.33. The highest BCUT2D eigenvalue weighted by atomic mass is 16.6. The number of carbonyl (C=O) groups excluding carboxylic acids is 2. The van der Waals surface area contributed by atoms with E-state index in [0.717, 1.165) is 0 Å². The van der Waals surface area contributed by atoms with Crippen LogP contribution >= 0.6 is 0 Å². The largest absolute Gasteiger partial charge is 0.452 e. The van der Waals surface area contributed by atoms with Crippen LogP contribution in [-0.4, -0.2) is 18.0 Å². The molecule has 0 radical (unpaired) electrons. The Kier molecular flexibility index (Phi) is 3.29. The predicted octanol–water partition coefficient (Wildman–Crippen LogP) is 1.72. The molecule has 0 saturated heterocycles. The van der Waals surface area contributed by atoms with Gasteiger partial charge in [0, 0.05) is 11.1 Å². The van der Waals surface area contributed by atoms with Gasteiger partial charge in [-0.15, -0.1) is 0 Å². The monoisotopic (exact) mass is 210 g/mol. The van der Waals surface area contributed by atoms with Gasteiger partial charge in [-0.3, -0.25) is 0 Å². The molecule has 82 valence electrons. The maximum Gasteiger partial charge on any atom is 0.375 e. The lowest BCUT2D eigenvalue weighted by atomic mass is 10.1. The van der Waals surface area contributed by atoms with E-state index in [-0.39, 0.29) is 17.4 Å². The van der Waals surface area contributed by atoms with Gasteiger partial charge >= 0.3 is 11.9 Å². The van der Waals surface area contributed by atoms with Crippen molar-refractivity contribution in [2.24, 2.45) is 0 Å². The van der Waals surface area contributed by atoms with Crippen LogP contribution in [0.2, 0.25) is 0 Å². The van der Waals surface area contributed by atoms with E-state index in [2.05, 4.69) is 6.58 Å². The van der Waals surface area contributed by atoms with Crippen LogP contribution in [0.5, 0.6) is 0 Å². The Morgan fingerprint density at radius 1 is 1.60 bits per heavy atom. The summed E-state index contributed by atoms with van der Waals surface area (Å²) < 4.78 is 9.89. The highest BCUT2D eigenvalue weighted by Crippen LogP contribution is 2.25. The average molecular weight is 210 g/mol. The molecule has 0 aliphatic carbocycles. The topological polar surface area (TPSA) is 52.6 Å². The summed E-state index contributed by atoms with van der Waals surface area (Å²) in [6, 6.07) is 0. The number of hydrogen-bond donors (Lipinski definition) is 0. The third kappa shape index (κ3) is 2.26. The second kappa shape index (κ2) is 4.29. The molecule has 0 fully saturated rings. The maximum absolute atomic E-state index is 11.3. The van der Waals surface area contributed by atoms with Gasteiger partial charge in [0.25, 0.3) is 0 Å². The Morgan fingerprint density at radius 2 is 2.20 bits per heavy atom. The van der Waals surface area contributed by atoms with Gasteiger partial charge in [-0.05, 0) is 20.3 Å². The fraction of sp³-hybridized carbons (Fsp3) is 0.455. The van der Waals surface area contributed by atoms with Gasteiger partial charge < -0.3 is 9.47 Å². The molecule has 0 aromatic carbocycles. The molecule has 15 heavy (non-hydrogen) atoms. The minimum atomic E-state index is -0.599. The zero-order valence-corrected chi connectivity index (χ0v) is 9.12. The average Bonchev–Trinajstić information content (AvgIpc) is 2.44. The van der Waals surface area contributed by atoms with Gasteiger partial charge in [0.05, 0.1) is 0 Å². The summed E-state index contributed by atoms with van der Waals surface area (Å²) in [4.78, 5) is 22.5. The van der Waals surface area contributed by atoms with Crippen LogP contribution in [0.15, 0.2) is 23.5 Å². The second-order valence-electron chi connectivity index (χ2n) is 3.48. The van der Waals surface area contributed by atoms with Crippen LogP contribution < -0.4 is 0 Å². The predicted molar refractivity (Wildman–Crippen MR) is 53.8 cm³/mol. The van der Waals surface area contributed by atoms with E-state index in [4.69, 9.17) is 9.47 Å². The van der Waals surface area contributed by atoms with Crippen molar-refractivity contribution in [3.63, 3.8) is 0 Å². The molecular weight excluding hydrogens is 196 g/mol. The van der Waals surface area contributed by atoms with Gasteiger partial charge in [-0.2, -0.15) is 0 Å². The highest BCUT2D eigenvalue weighted by molar-refractivity contribution is 5.96. The molecular formula is C11H14O4. The summed E-state index contributed by atoms with van der Waals surface area (Å²) in [5.41, 5.74) is 0.917. The quantitative estimate of drug-likeness (QED) is 0.525. The van der Waals surface area contributed by atoms with E-state index in [1.54, 1.807) is 6.92 Å². The summed E-state index contributed by atoms with van der Waals surface area (Å²) in [7, 11) is 0.